The molecule has 20 heavy (non-hydrogen) atoms. The summed E-state index contributed by atoms with van der Waals surface area (Å²) in [7, 11) is 0. The summed E-state index contributed by atoms with van der Waals surface area (Å²) in [5.41, 5.74) is 6.69. The highest BCUT2D eigenvalue weighted by molar-refractivity contribution is 5.91. The topological polar surface area (TPSA) is 72.4 Å². The highest BCUT2D eigenvalue weighted by Crippen LogP contribution is 2.25. The van der Waals surface area contributed by atoms with E-state index in [0.29, 0.717) is 24.1 Å². The van der Waals surface area contributed by atoms with E-state index in [0.717, 1.165) is 31.5 Å². The lowest BCUT2D eigenvalue weighted by Crippen LogP contribution is -2.51. The quantitative estimate of drug-likeness (QED) is 0.918. The molecule has 112 valence electrons. The number of nitrogens with zero attached hydrogens (tertiary/aromatic N) is 2. The third-order valence-electron chi connectivity index (χ3n) is 4.47. The van der Waals surface area contributed by atoms with Crippen molar-refractivity contribution in [1.29, 1.82) is 0 Å². The van der Waals surface area contributed by atoms with E-state index in [1.54, 1.807) is 6.07 Å². The Balaban J connectivity index is 2.15. The zero-order valence-electron chi connectivity index (χ0n) is 12.6. The van der Waals surface area contributed by atoms with Crippen LogP contribution in [0.1, 0.15) is 62.2 Å². The molecule has 0 bridgehead atoms. The van der Waals surface area contributed by atoms with Gasteiger partial charge in [-0.2, -0.15) is 0 Å². The lowest BCUT2D eigenvalue weighted by atomic mass is 9.90. The van der Waals surface area contributed by atoms with Crippen molar-refractivity contribution in [3.8, 4) is 0 Å². The summed E-state index contributed by atoms with van der Waals surface area (Å²) >= 11 is 0. The molecular weight excluding hydrogens is 254 g/mol. The van der Waals surface area contributed by atoms with Crippen LogP contribution in [0.15, 0.2) is 10.6 Å². The summed E-state index contributed by atoms with van der Waals surface area (Å²) in [6, 6.07) is 1.89. The summed E-state index contributed by atoms with van der Waals surface area (Å²) in [6.45, 7) is 7.58. The van der Waals surface area contributed by atoms with Gasteiger partial charge in [-0.25, -0.2) is 0 Å². The van der Waals surface area contributed by atoms with Crippen LogP contribution in [0.5, 0.6) is 0 Å². The lowest BCUT2D eigenvalue weighted by molar-refractivity contribution is 0.0492. The van der Waals surface area contributed by atoms with Crippen LogP contribution < -0.4 is 5.73 Å². The number of hydrogen-bond donors (Lipinski definition) is 1. The fraction of sp³-hybridized carbons (Fsp3) is 0.733. The number of aromatic nitrogens is 1. The minimum absolute atomic E-state index is 0.0750. The molecule has 5 nitrogen and oxygen atoms in total. The fourth-order valence-electron chi connectivity index (χ4n) is 2.83. The van der Waals surface area contributed by atoms with Gasteiger partial charge < -0.3 is 15.2 Å². The number of piperidine rings is 1. The van der Waals surface area contributed by atoms with Crippen molar-refractivity contribution in [3.05, 3.63) is 17.5 Å². The van der Waals surface area contributed by atoms with E-state index < -0.39 is 0 Å². The smallest absolute Gasteiger partial charge is 0.292 e. The molecule has 1 fully saturated rings. The Morgan fingerprint density at radius 2 is 2.40 bits per heavy atom. The van der Waals surface area contributed by atoms with Gasteiger partial charge in [0.05, 0.1) is 5.69 Å². The van der Waals surface area contributed by atoms with Crippen molar-refractivity contribution in [2.24, 2.45) is 11.7 Å². The normalized spacial score (nSPS) is 24.7. The average molecular weight is 279 g/mol. The Hall–Kier alpha value is -1.36. The van der Waals surface area contributed by atoms with Gasteiger partial charge in [-0.1, -0.05) is 25.9 Å². The molecule has 2 heterocycles. The van der Waals surface area contributed by atoms with E-state index >= 15 is 0 Å². The Morgan fingerprint density at radius 1 is 1.65 bits per heavy atom. The van der Waals surface area contributed by atoms with Crippen LogP contribution in [0.2, 0.25) is 0 Å². The van der Waals surface area contributed by atoms with Gasteiger partial charge in [0, 0.05) is 31.1 Å². The zero-order chi connectivity index (χ0) is 14.7. The van der Waals surface area contributed by atoms with Gasteiger partial charge >= 0.3 is 0 Å². The third kappa shape index (κ3) is 2.87. The van der Waals surface area contributed by atoms with Crippen LogP contribution in [-0.2, 0) is 0 Å². The molecule has 0 spiro atoms. The van der Waals surface area contributed by atoms with Gasteiger partial charge in [0.25, 0.3) is 5.91 Å². The minimum atomic E-state index is -0.0750. The summed E-state index contributed by atoms with van der Waals surface area (Å²) in [5, 5.41) is 4.02. The molecule has 1 aromatic heterocycles. The predicted octanol–water partition coefficient (Wildman–Crippen LogP) is 2.39. The molecule has 2 N–H and O–H groups in total. The first-order valence-corrected chi connectivity index (χ1v) is 7.56. The van der Waals surface area contributed by atoms with Crippen molar-refractivity contribution < 1.29 is 9.32 Å². The molecule has 0 unspecified atom stereocenters. The molecule has 1 saturated heterocycles. The maximum absolute atomic E-state index is 12.6. The van der Waals surface area contributed by atoms with Gasteiger partial charge in [-0.05, 0) is 25.2 Å². The van der Waals surface area contributed by atoms with Crippen LogP contribution in [0.4, 0.5) is 0 Å². The Kier molecular flexibility index (Phi) is 4.81. The predicted molar refractivity (Wildman–Crippen MR) is 77.5 cm³/mol. The van der Waals surface area contributed by atoms with Gasteiger partial charge in [-0.3, -0.25) is 4.79 Å². The van der Waals surface area contributed by atoms with E-state index in [4.69, 9.17) is 10.3 Å². The van der Waals surface area contributed by atoms with Gasteiger partial charge in [-0.15, -0.1) is 0 Å². The van der Waals surface area contributed by atoms with Gasteiger partial charge in [0.15, 0.2) is 0 Å². The summed E-state index contributed by atoms with van der Waals surface area (Å²) in [6.07, 6.45) is 3.13. The minimum Gasteiger partial charge on any atom is -0.351 e. The lowest BCUT2D eigenvalue weighted by Gasteiger charge is -2.38. The monoisotopic (exact) mass is 279 g/mol. The van der Waals surface area contributed by atoms with E-state index in [-0.39, 0.29) is 11.9 Å². The second-order valence-corrected chi connectivity index (χ2v) is 5.85. The molecule has 0 aromatic carbocycles. The Morgan fingerprint density at radius 3 is 3.05 bits per heavy atom. The molecule has 1 amide bonds. The second kappa shape index (κ2) is 6.39. The molecule has 0 saturated carbocycles. The zero-order valence-corrected chi connectivity index (χ0v) is 12.6. The van der Waals surface area contributed by atoms with E-state index in [1.807, 2.05) is 4.90 Å². The highest BCUT2D eigenvalue weighted by Gasteiger charge is 2.33. The van der Waals surface area contributed by atoms with Crippen LogP contribution >= 0.6 is 0 Å². The average Bonchev–Trinajstić information content (AvgIpc) is 2.95. The van der Waals surface area contributed by atoms with Crippen LogP contribution in [-0.4, -0.2) is 35.1 Å². The molecule has 1 aliphatic rings. The molecule has 1 aromatic rings. The number of carbonyl (C=O) groups is 1. The van der Waals surface area contributed by atoms with Crippen molar-refractivity contribution in [2.45, 2.75) is 52.0 Å². The Bertz CT molecular complexity index is 458. The first-order chi connectivity index (χ1) is 9.58. The maximum atomic E-state index is 12.6. The van der Waals surface area contributed by atoms with E-state index in [1.165, 1.54) is 0 Å². The SMILES string of the molecule is CC[C@H](C)c1cc(C(=O)N2CCC[C@@H](C)[C@H]2CN)on1. The summed E-state index contributed by atoms with van der Waals surface area (Å²) in [4.78, 5) is 14.4. The summed E-state index contributed by atoms with van der Waals surface area (Å²) in [5.74, 6) is 1.02. The largest absolute Gasteiger partial charge is 0.351 e. The number of rotatable bonds is 4. The van der Waals surface area contributed by atoms with Crippen LogP contribution in [0.3, 0.4) is 0 Å². The maximum Gasteiger partial charge on any atom is 0.292 e. The van der Waals surface area contributed by atoms with Crippen molar-refractivity contribution >= 4 is 5.91 Å². The standard InChI is InChI=1S/C15H25N3O2/c1-4-10(2)12-8-14(20-17-12)15(19)18-7-5-6-11(3)13(18)9-16/h8,10-11,13H,4-7,9,16H2,1-3H3/t10-,11+,13+/m0/s1. The molecule has 5 heteroatoms. The number of amides is 1. The van der Waals surface area contributed by atoms with E-state index in [2.05, 4.69) is 25.9 Å². The molecular formula is C15H25N3O2. The Labute approximate surface area is 120 Å². The number of nitrogens with two attached hydrogens (primary N) is 1. The van der Waals surface area contributed by atoms with E-state index in [9.17, 15) is 4.79 Å². The van der Waals surface area contributed by atoms with Gasteiger partial charge in [0.1, 0.15) is 0 Å². The molecule has 0 radical (unpaired) electrons. The van der Waals surface area contributed by atoms with Crippen LogP contribution in [0, 0.1) is 5.92 Å². The van der Waals surface area contributed by atoms with Crippen molar-refractivity contribution in [1.82, 2.24) is 10.1 Å². The molecule has 1 aliphatic heterocycles. The van der Waals surface area contributed by atoms with Crippen LogP contribution in [0.25, 0.3) is 0 Å². The highest BCUT2D eigenvalue weighted by atomic mass is 16.5. The fourth-order valence-corrected chi connectivity index (χ4v) is 2.83. The second-order valence-electron chi connectivity index (χ2n) is 5.85. The summed E-state index contributed by atoms with van der Waals surface area (Å²) < 4.78 is 5.25. The number of carbonyl (C=O) groups excluding carboxylic acids is 1. The molecule has 2 rings (SSSR count). The van der Waals surface area contributed by atoms with Crippen molar-refractivity contribution in [2.75, 3.05) is 13.1 Å². The molecule has 0 aliphatic carbocycles. The van der Waals surface area contributed by atoms with Gasteiger partial charge in [0.2, 0.25) is 5.76 Å². The first kappa shape index (κ1) is 15.0. The first-order valence-electron chi connectivity index (χ1n) is 7.56. The van der Waals surface area contributed by atoms with Crippen molar-refractivity contribution in [3.63, 3.8) is 0 Å². The molecule has 3 atom stereocenters. The number of likely N-dealkylation sites (tertiary alicyclic amines) is 1. The number of hydrogen-bond acceptors (Lipinski definition) is 4. The third-order valence-corrected chi connectivity index (χ3v) is 4.47.